The van der Waals surface area contributed by atoms with Gasteiger partial charge in [0.25, 0.3) is 11.4 Å². The standard InChI is InChI=1S/C13H9N3O4/c1-14-12-4-2-8(15(17)18)6-10(12)11-7-9(16(19)20)3-5-13(11)14/h2-7H,1H3. The van der Waals surface area contributed by atoms with E-state index in [1.54, 1.807) is 12.1 Å². The van der Waals surface area contributed by atoms with Crippen molar-refractivity contribution in [1.29, 1.82) is 0 Å². The van der Waals surface area contributed by atoms with Crippen LogP contribution in [-0.4, -0.2) is 14.4 Å². The predicted octanol–water partition coefficient (Wildman–Crippen LogP) is 3.15. The topological polar surface area (TPSA) is 91.2 Å². The molecule has 0 aliphatic heterocycles. The quantitative estimate of drug-likeness (QED) is 0.528. The highest BCUT2D eigenvalue weighted by atomic mass is 16.6. The van der Waals surface area contributed by atoms with Crippen molar-refractivity contribution in [2.45, 2.75) is 0 Å². The summed E-state index contributed by atoms with van der Waals surface area (Å²) < 4.78 is 1.86. The van der Waals surface area contributed by atoms with Crippen molar-refractivity contribution in [2.75, 3.05) is 0 Å². The number of benzene rings is 2. The van der Waals surface area contributed by atoms with Gasteiger partial charge in [-0.15, -0.1) is 0 Å². The van der Waals surface area contributed by atoms with Crippen molar-refractivity contribution in [3.63, 3.8) is 0 Å². The zero-order valence-corrected chi connectivity index (χ0v) is 10.4. The smallest absolute Gasteiger partial charge is 0.270 e. The van der Waals surface area contributed by atoms with Crippen LogP contribution in [0, 0.1) is 20.2 Å². The average Bonchev–Trinajstić information content (AvgIpc) is 2.71. The molecule has 0 saturated heterocycles. The number of rotatable bonds is 2. The molecule has 0 amide bonds. The Hall–Kier alpha value is -2.96. The normalized spacial score (nSPS) is 11.1. The van der Waals surface area contributed by atoms with Gasteiger partial charge in [-0.25, -0.2) is 0 Å². The van der Waals surface area contributed by atoms with Crippen LogP contribution in [0.25, 0.3) is 21.8 Å². The highest BCUT2D eigenvalue weighted by Gasteiger charge is 2.15. The van der Waals surface area contributed by atoms with Crippen LogP contribution < -0.4 is 0 Å². The number of hydrogen-bond donors (Lipinski definition) is 0. The molecule has 1 aromatic heterocycles. The summed E-state index contributed by atoms with van der Waals surface area (Å²) in [6.07, 6.45) is 0. The van der Waals surface area contributed by atoms with Gasteiger partial charge in [0.1, 0.15) is 0 Å². The summed E-state index contributed by atoms with van der Waals surface area (Å²) in [7, 11) is 1.82. The number of aryl methyl sites for hydroxylation is 1. The van der Waals surface area contributed by atoms with Crippen molar-refractivity contribution in [1.82, 2.24) is 4.57 Å². The number of non-ortho nitro benzene ring substituents is 2. The van der Waals surface area contributed by atoms with E-state index in [0.29, 0.717) is 10.8 Å². The SMILES string of the molecule is Cn1c2ccc([N+](=O)[O-])cc2c2cc([N+](=O)[O-])ccc21. The third kappa shape index (κ3) is 1.60. The van der Waals surface area contributed by atoms with Gasteiger partial charge in [0.2, 0.25) is 0 Å². The Morgan fingerprint density at radius 1 is 0.850 bits per heavy atom. The molecule has 3 aromatic rings. The van der Waals surface area contributed by atoms with E-state index in [4.69, 9.17) is 0 Å². The Kier molecular flexibility index (Phi) is 2.43. The van der Waals surface area contributed by atoms with E-state index in [9.17, 15) is 20.2 Å². The highest BCUT2D eigenvalue weighted by molar-refractivity contribution is 6.09. The van der Waals surface area contributed by atoms with Gasteiger partial charge < -0.3 is 4.57 Å². The first-order chi connectivity index (χ1) is 9.49. The van der Waals surface area contributed by atoms with Crippen LogP contribution in [0.5, 0.6) is 0 Å². The van der Waals surface area contributed by atoms with Crippen molar-refractivity contribution in [3.8, 4) is 0 Å². The Bertz CT molecular complexity index is 811. The van der Waals surface area contributed by atoms with Gasteiger partial charge in [-0.1, -0.05) is 0 Å². The predicted molar refractivity (Wildman–Crippen MR) is 73.7 cm³/mol. The van der Waals surface area contributed by atoms with Crippen LogP contribution in [0.15, 0.2) is 36.4 Å². The molecule has 100 valence electrons. The van der Waals surface area contributed by atoms with Crippen LogP contribution in [0.2, 0.25) is 0 Å². The summed E-state index contributed by atoms with van der Waals surface area (Å²) in [5.74, 6) is 0. The van der Waals surface area contributed by atoms with Crippen LogP contribution in [0.1, 0.15) is 0 Å². The molecule has 7 nitrogen and oxygen atoms in total. The fourth-order valence-electron chi connectivity index (χ4n) is 2.42. The molecule has 0 spiro atoms. The molecular weight excluding hydrogens is 262 g/mol. The van der Waals surface area contributed by atoms with E-state index in [-0.39, 0.29) is 11.4 Å². The molecule has 2 aromatic carbocycles. The van der Waals surface area contributed by atoms with Gasteiger partial charge in [0.05, 0.1) is 9.85 Å². The van der Waals surface area contributed by atoms with E-state index >= 15 is 0 Å². The average molecular weight is 271 g/mol. The zero-order valence-electron chi connectivity index (χ0n) is 10.4. The largest absolute Gasteiger partial charge is 0.344 e. The van der Waals surface area contributed by atoms with E-state index in [0.717, 1.165) is 11.0 Å². The lowest BCUT2D eigenvalue weighted by Gasteiger charge is -1.97. The first kappa shape index (κ1) is 12.1. The Labute approximate surface area is 112 Å². The molecule has 0 aliphatic rings. The number of hydrogen-bond acceptors (Lipinski definition) is 4. The first-order valence-electron chi connectivity index (χ1n) is 5.80. The molecule has 0 atom stereocenters. The molecule has 0 saturated carbocycles. The fraction of sp³-hybridized carbons (Fsp3) is 0.0769. The molecule has 3 rings (SSSR count). The molecule has 0 unspecified atom stereocenters. The lowest BCUT2D eigenvalue weighted by Crippen LogP contribution is -1.89. The van der Waals surface area contributed by atoms with Crippen LogP contribution in [-0.2, 0) is 7.05 Å². The van der Waals surface area contributed by atoms with Gasteiger partial charge in [-0.3, -0.25) is 20.2 Å². The fourth-order valence-corrected chi connectivity index (χ4v) is 2.42. The summed E-state index contributed by atoms with van der Waals surface area (Å²) in [4.78, 5) is 20.8. The molecule has 0 bridgehead atoms. The monoisotopic (exact) mass is 271 g/mol. The second kappa shape index (κ2) is 4.02. The minimum absolute atomic E-state index is 0.0310. The van der Waals surface area contributed by atoms with Crippen molar-refractivity contribution < 1.29 is 9.85 Å². The van der Waals surface area contributed by atoms with E-state index in [1.807, 2.05) is 11.6 Å². The summed E-state index contributed by atoms with van der Waals surface area (Å²) >= 11 is 0. The Balaban J connectivity index is 2.44. The maximum atomic E-state index is 10.9. The Morgan fingerprint density at radius 3 is 1.60 bits per heavy atom. The third-order valence-electron chi connectivity index (χ3n) is 3.39. The molecular formula is C13H9N3O4. The zero-order chi connectivity index (χ0) is 14.4. The summed E-state index contributed by atoms with van der Waals surface area (Å²) in [5, 5.41) is 23.0. The van der Waals surface area contributed by atoms with Crippen LogP contribution in [0.3, 0.4) is 0 Å². The molecule has 0 radical (unpaired) electrons. The van der Waals surface area contributed by atoms with Crippen molar-refractivity contribution in [2.24, 2.45) is 7.05 Å². The second-order valence-electron chi connectivity index (χ2n) is 4.48. The van der Waals surface area contributed by atoms with Gasteiger partial charge in [0.15, 0.2) is 0 Å². The maximum Gasteiger partial charge on any atom is 0.270 e. The Morgan fingerprint density at radius 2 is 1.25 bits per heavy atom. The molecule has 20 heavy (non-hydrogen) atoms. The minimum atomic E-state index is -0.477. The number of aromatic nitrogens is 1. The number of fused-ring (bicyclic) bond motifs is 3. The van der Waals surface area contributed by atoms with Gasteiger partial charge >= 0.3 is 0 Å². The molecule has 0 aliphatic carbocycles. The van der Waals surface area contributed by atoms with Gasteiger partial charge in [0, 0.05) is 53.1 Å². The van der Waals surface area contributed by atoms with E-state index in [1.165, 1.54) is 24.3 Å². The van der Waals surface area contributed by atoms with Crippen molar-refractivity contribution >= 4 is 33.2 Å². The number of nitrogens with zero attached hydrogens (tertiary/aromatic N) is 3. The van der Waals surface area contributed by atoms with E-state index < -0.39 is 9.85 Å². The second-order valence-corrected chi connectivity index (χ2v) is 4.48. The third-order valence-corrected chi connectivity index (χ3v) is 3.39. The number of nitro groups is 2. The maximum absolute atomic E-state index is 10.9. The first-order valence-corrected chi connectivity index (χ1v) is 5.80. The lowest BCUT2D eigenvalue weighted by molar-refractivity contribution is -0.385. The van der Waals surface area contributed by atoms with Gasteiger partial charge in [-0.2, -0.15) is 0 Å². The molecule has 7 heteroatoms. The van der Waals surface area contributed by atoms with Crippen LogP contribution >= 0.6 is 0 Å². The lowest BCUT2D eigenvalue weighted by atomic mass is 10.1. The number of nitro benzene ring substituents is 2. The highest BCUT2D eigenvalue weighted by Crippen LogP contribution is 2.32. The molecule has 0 fully saturated rings. The van der Waals surface area contributed by atoms with E-state index in [2.05, 4.69) is 0 Å². The molecule has 0 N–H and O–H groups in total. The van der Waals surface area contributed by atoms with Crippen molar-refractivity contribution in [3.05, 3.63) is 56.6 Å². The summed E-state index contributed by atoms with van der Waals surface area (Å²) in [5.41, 5.74) is 1.53. The van der Waals surface area contributed by atoms with Gasteiger partial charge in [-0.05, 0) is 12.1 Å². The summed E-state index contributed by atoms with van der Waals surface area (Å²) in [6.45, 7) is 0. The summed E-state index contributed by atoms with van der Waals surface area (Å²) in [6, 6.07) is 9.05. The van der Waals surface area contributed by atoms with Crippen LogP contribution in [0.4, 0.5) is 11.4 Å². The molecule has 1 heterocycles. The minimum Gasteiger partial charge on any atom is -0.344 e.